The Hall–Kier alpha value is -4.79. The molecule has 5 aromatic rings. The summed E-state index contributed by atoms with van der Waals surface area (Å²) in [5.74, 6) is -1.47. The van der Waals surface area contributed by atoms with Crippen LogP contribution < -0.4 is 15.7 Å². The van der Waals surface area contributed by atoms with Crippen LogP contribution in [0.5, 0.6) is 11.5 Å². The maximum atomic E-state index is 12.8. The summed E-state index contributed by atoms with van der Waals surface area (Å²) in [7, 11) is 0. The van der Waals surface area contributed by atoms with Crippen molar-refractivity contribution in [1.29, 1.82) is 0 Å². The molecule has 182 valence electrons. The first-order valence-electron chi connectivity index (χ1n) is 11.2. The zero-order chi connectivity index (χ0) is 25.4. The van der Waals surface area contributed by atoms with E-state index >= 15 is 0 Å². The third kappa shape index (κ3) is 4.34. The van der Waals surface area contributed by atoms with Gasteiger partial charge in [-0.1, -0.05) is 18.2 Å². The first-order chi connectivity index (χ1) is 17.3. The van der Waals surface area contributed by atoms with Gasteiger partial charge in [-0.15, -0.1) is 0 Å². The van der Waals surface area contributed by atoms with Crippen LogP contribution in [0.2, 0.25) is 0 Å². The average Bonchev–Trinajstić information content (AvgIpc) is 3.25. The highest BCUT2D eigenvalue weighted by atomic mass is 16.5. The maximum Gasteiger partial charge on any atom is 0.344 e. The Balaban J connectivity index is 1.32. The molecule has 9 heteroatoms. The van der Waals surface area contributed by atoms with Crippen molar-refractivity contribution < 1.29 is 29.0 Å². The molecule has 0 unspecified atom stereocenters. The van der Waals surface area contributed by atoms with Gasteiger partial charge in [-0.3, -0.25) is 4.79 Å². The Morgan fingerprint density at radius 3 is 2.58 bits per heavy atom. The van der Waals surface area contributed by atoms with Gasteiger partial charge in [0.1, 0.15) is 23.1 Å². The van der Waals surface area contributed by atoms with E-state index in [1.165, 1.54) is 25.1 Å². The fraction of sp³-hybridized carbons (Fsp3) is 0.148. The van der Waals surface area contributed by atoms with Crippen LogP contribution in [0.1, 0.15) is 12.5 Å². The molecule has 4 N–H and O–H groups in total. The van der Waals surface area contributed by atoms with Crippen molar-refractivity contribution in [1.82, 2.24) is 10.3 Å². The van der Waals surface area contributed by atoms with Gasteiger partial charge in [-0.2, -0.15) is 0 Å². The Bertz CT molecular complexity index is 1680. The molecule has 2 aromatic heterocycles. The Morgan fingerprint density at radius 2 is 1.81 bits per heavy atom. The second-order valence-corrected chi connectivity index (χ2v) is 8.50. The van der Waals surface area contributed by atoms with Gasteiger partial charge in [0.15, 0.2) is 6.10 Å². The number of phenols is 1. The lowest BCUT2D eigenvalue weighted by Crippen LogP contribution is -2.47. The number of ether oxygens (including phenoxy) is 1. The highest BCUT2D eigenvalue weighted by Crippen LogP contribution is 2.27. The zero-order valence-corrected chi connectivity index (χ0v) is 19.1. The van der Waals surface area contributed by atoms with Gasteiger partial charge in [0, 0.05) is 35.0 Å². The molecule has 2 atom stereocenters. The van der Waals surface area contributed by atoms with Crippen LogP contribution in [-0.2, 0) is 16.0 Å². The summed E-state index contributed by atoms with van der Waals surface area (Å²) >= 11 is 0. The lowest BCUT2D eigenvalue weighted by atomic mass is 10.0. The number of rotatable bonds is 7. The van der Waals surface area contributed by atoms with Gasteiger partial charge in [-0.05, 0) is 54.3 Å². The summed E-state index contributed by atoms with van der Waals surface area (Å²) in [6.07, 6.45) is 0.632. The number of carboxylic acid groups (broad SMARTS) is 1. The van der Waals surface area contributed by atoms with E-state index in [1.807, 2.05) is 12.1 Å². The molecule has 0 aliphatic carbocycles. The van der Waals surface area contributed by atoms with E-state index in [-0.39, 0.29) is 12.2 Å². The SMILES string of the molecule is C[C@@H](Oc1ccc2c(c1)oc(=O)c1ccccc12)C(=O)N[C@@H](Cc1c[nH]c2ccc(O)cc12)C(=O)O. The highest BCUT2D eigenvalue weighted by molar-refractivity contribution is 6.04. The molecule has 0 saturated heterocycles. The Labute approximate surface area is 203 Å². The van der Waals surface area contributed by atoms with Gasteiger partial charge in [-0.25, -0.2) is 9.59 Å². The monoisotopic (exact) mass is 486 g/mol. The maximum absolute atomic E-state index is 12.8. The second-order valence-electron chi connectivity index (χ2n) is 8.50. The number of H-pyrrole nitrogens is 1. The van der Waals surface area contributed by atoms with E-state index in [9.17, 15) is 24.6 Å². The lowest BCUT2D eigenvalue weighted by Gasteiger charge is -2.19. The molecule has 0 fully saturated rings. The van der Waals surface area contributed by atoms with Crippen molar-refractivity contribution in [3.63, 3.8) is 0 Å². The van der Waals surface area contributed by atoms with Gasteiger partial charge in [0.2, 0.25) is 0 Å². The number of aromatic hydroxyl groups is 1. The summed E-state index contributed by atoms with van der Waals surface area (Å²) in [6.45, 7) is 1.50. The number of carbonyl (C=O) groups is 2. The number of aromatic amines is 1. The molecule has 0 bridgehead atoms. The average molecular weight is 486 g/mol. The number of aromatic nitrogens is 1. The molecule has 0 saturated carbocycles. The number of carboxylic acids is 1. The molecule has 0 aliphatic heterocycles. The minimum Gasteiger partial charge on any atom is -0.508 e. The third-order valence-electron chi connectivity index (χ3n) is 6.06. The van der Waals surface area contributed by atoms with Crippen molar-refractivity contribution in [2.75, 3.05) is 0 Å². The van der Waals surface area contributed by atoms with Crippen molar-refractivity contribution in [3.05, 3.63) is 82.8 Å². The number of hydrogen-bond donors (Lipinski definition) is 4. The summed E-state index contributed by atoms with van der Waals surface area (Å²) in [5, 5.41) is 24.6. The van der Waals surface area contributed by atoms with Crippen molar-refractivity contribution in [2.24, 2.45) is 0 Å². The summed E-state index contributed by atoms with van der Waals surface area (Å²) in [4.78, 5) is 40.0. The smallest absolute Gasteiger partial charge is 0.344 e. The number of hydrogen-bond acceptors (Lipinski definition) is 6. The Kier molecular flexibility index (Phi) is 5.81. The van der Waals surface area contributed by atoms with E-state index in [4.69, 9.17) is 9.15 Å². The van der Waals surface area contributed by atoms with Crippen LogP contribution in [-0.4, -0.2) is 39.2 Å². The van der Waals surface area contributed by atoms with Gasteiger partial charge in [0.05, 0.1) is 5.39 Å². The molecule has 2 heterocycles. The molecular formula is C27H22N2O7. The number of carbonyl (C=O) groups excluding carboxylic acids is 1. The zero-order valence-electron chi connectivity index (χ0n) is 19.1. The number of phenolic OH excluding ortho intramolecular Hbond substituents is 1. The van der Waals surface area contributed by atoms with Gasteiger partial charge in [0.25, 0.3) is 5.91 Å². The number of nitrogens with one attached hydrogen (secondary N) is 2. The standard InChI is InChI=1S/C27H22N2O7/c1-14(35-17-7-8-19-18-4-2-3-5-20(18)27(34)36-24(19)12-17)25(31)29-23(26(32)33)10-15-13-28-22-9-6-16(30)11-21(15)22/h2-9,11-14,23,28,30H,10H2,1H3,(H,29,31)(H,32,33)/t14-,23+/m1/s1. The van der Waals surface area contributed by atoms with Crippen LogP contribution in [0.25, 0.3) is 32.6 Å². The largest absolute Gasteiger partial charge is 0.508 e. The normalized spacial score (nSPS) is 13.0. The van der Waals surface area contributed by atoms with E-state index in [1.54, 1.807) is 36.5 Å². The predicted octanol–water partition coefficient (Wildman–Crippen LogP) is 3.71. The van der Waals surface area contributed by atoms with E-state index < -0.39 is 29.6 Å². The molecule has 36 heavy (non-hydrogen) atoms. The van der Waals surface area contributed by atoms with Crippen LogP contribution in [0.4, 0.5) is 0 Å². The quantitative estimate of drug-likeness (QED) is 0.203. The minimum absolute atomic E-state index is 0.00541. The minimum atomic E-state index is -1.22. The van der Waals surface area contributed by atoms with Crippen molar-refractivity contribution in [2.45, 2.75) is 25.5 Å². The number of amides is 1. The Morgan fingerprint density at radius 1 is 1.03 bits per heavy atom. The summed E-state index contributed by atoms with van der Waals surface area (Å²) in [5.41, 5.74) is 1.22. The summed E-state index contributed by atoms with van der Waals surface area (Å²) in [6, 6.07) is 15.6. The first kappa shape index (κ1) is 23.0. The van der Waals surface area contributed by atoms with E-state index in [0.717, 1.165) is 16.3 Å². The molecule has 0 spiro atoms. The molecule has 9 nitrogen and oxygen atoms in total. The third-order valence-corrected chi connectivity index (χ3v) is 6.06. The molecule has 0 radical (unpaired) electrons. The fourth-order valence-electron chi connectivity index (χ4n) is 4.24. The van der Waals surface area contributed by atoms with E-state index in [2.05, 4.69) is 10.3 Å². The molecule has 0 aliphatic rings. The fourth-order valence-corrected chi connectivity index (χ4v) is 4.24. The van der Waals surface area contributed by atoms with Crippen molar-refractivity contribution in [3.8, 4) is 11.5 Å². The van der Waals surface area contributed by atoms with Crippen LogP contribution in [0.3, 0.4) is 0 Å². The van der Waals surface area contributed by atoms with Gasteiger partial charge < -0.3 is 29.7 Å². The second kappa shape index (κ2) is 9.10. The number of aliphatic carboxylic acids is 1. The van der Waals surface area contributed by atoms with Gasteiger partial charge >= 0.3 is 11.6 Å². The van der Waals surface area contributed by atoms with Crippen LogP contribution in [0.15, 0.2) is 76.1 Å². The van der Waals surface area contributed by atoms with Crippen molar-refractivity contribution >= 4 is 44.5 Å². The lowest BCUT2D eigenvalue weighted by molar-refractivity contribution is -0.142. The topological polar surface area (TPSA) is 142 Å². The molecular weight excluding hydrogens is 464 g/mol. The van der Waals surface area contributed by atoms with E-state index in [0.29, 0.717) is 27.7 Å². The summed E-state index contributed by atoms with van der Waals surface area (Å²) < 4.78 is 11.2. The van der Waals surface area contributed by atoms with Crippen LogP contribution in [0, 0.1) is 0 Å². The first-order valence-corrected chi connectivity index (χ1v) is 11.2. The van der Waals surface area contributed by atoms with Crippen LogP contribution >= 0.6 is 0 Å². The number of fused-ring (bicyclic) bond motifs is 4. The molecule has 5 rings (SSSR count). The predicted molar refractivity (Wildman–Crippen MR) is 133 cm³/mol. The molecule has 3 aromatic carbocycles. The molecule has 1 amide bonds. The highest BCUT2D eigenvalue weighted by Gasteiger charge is 2.25. The number of benzene rings is 3.